The molecular weight excluding hydrogens is 352 g/mol. The maximum absolute atomic E-state index is 13.8. The molecule has 0 saturated carbocycles. The van der Waals surface area contributed by atoms with Crippen molar-refractivity contribution in [2.45, 2.75) is 33.0 Å². The lowest BCUT2D eigenvalue weighted by molar-refractivity contribution is 0.279. The van der Waals surface area contributed by atoms with E-state index in [2.05, 4.69) is 19.2 Å². The summed E-state index contributed by atoms with van der Waals surface area (Å²) in [6.45, 7) is 4.97. The second-order valence-electron chi connectivity index (χ2n) is 5.51. The number of hydrogen-bond donors (Lipinski definition) is 1. The lowest BCUT2D eigenvalue weighted by Crippen LogP contribution is -2.21. The molecule has 0 saturated heterocycles. The van der Waals surface area contributed by atoms with Crippen molar-refractivity contribution in [2.24, 2.45) is 0 Å². The summed E-state index contributed by atoms with van der Waals surface area (Å²) in [5.41, 5.74) is 1.42. The number of nitrogens with one attached hydrogen (secondary N) is 1. The molecule has 2 rings (SSSR count). The molecule has 0 fully saturated rings. The number of hydrogen-bond acceptors (Lipinski definition) is 3. The molecule has 0 aliphatic rings. The summed E-state index contributed by atoms with van der Waals surface area (Å²) >= 11 is 6.01. The minimum absolute atomic E-state index is 0. The van der Waals surface area contributed by atoms with E-state index in [1.807, 2.05) is 18.2 Å². The third-order valence-corrected chi connectivity index (χ3v) is 3.73. The average Bonchev–Trinajstić information content (AvgIpc) is 2.53. The maximum Gasteiger partial charge on any atom is 0.161 e. The molecule has 2 aromatic carbocycles. The van der Waals surface area contributed by atoms with Crippen molar-refractivity contribution in [2.75, 3.05) is 7.11 Å². The number of rotatable bonds is 7. The monoisotopic (exact) mass is 373 g/mol. The first-order valence-corrected chi connectivity index (χ1v) is 7.85. The van der Waals surface area contributed by atoms with Gasteiger partial charge in [0.25, 0.3) is 0 Å². The molecule has 2 aromatic rings. The molecule has 0 unspecified atom stereocenters. The number of methoxy groups -OCH3 is 1. The van der Waals surface area contributed by atoms with Crippen LogP contribution in [0.2, 0.25) is 5.02 Å². The molecule has 0 aliphatic carbocycles. The van der Waals surface area contributed by atoms with Crippen LogP contribution in [0.3, 0.4) is 0 Å². The van der Waals surface area contributed by atoms with Crippen LogP contribution >= 0.6 is 24.0 Å². The Bertz CT molecular complexity index is 645. The minimum atomic E-state index is -0.380. The highest BCUT2D eigenvalue weighted by Crippen LogP contribution is 2.30. The Morgan fingerprint density at radius 2 is 1.92 bits per heavy atom. The highest BCUT2D eigenvalue weighted by atomic mass is 35.5. The molecule has 0 bridgehead atoms. The minimum Gasteiger partial charge on any atom is -0.493 e. The van der Waals surface area contributed by atoms with Crippen LogP contribution in [-0.4, -0.2) is 13.2 Å². The van der Waals surface area contributed by atoms with Gasteiger partial charge in [0.15, 0.2) is 11.5 Å². The van der Waals surface area contributed by atoms with Crippen LogP contribution < -0.4 is 14.8 Å². The zero-order valence-electron chi connectivity index (χ0n) is 13.9. The van der Waals surface area contributed by atoms with E-state index < -0.39 is 0 Å². The molecule has 0 radical (unpaired) electrons. The van der Waals surface area contributed by atoms with Crippen molar-refractivity contribution in [3.63, 3.8) is 0 Å². The van der Waals surface area contributed by atoms with Crippen molar-refractivity contribution >= 4 is 24.0 Å². The molecule has 0 aromatic heterocycles. The third-order valence-electron chi connectivity index (χ3n) is 3.38. The van der Waals surface area contributed by atoms with Crippen molar-refractivity contribution < 1.29 is 13.9 Å². The Hall–Kier alpha value is -1.49. The fourth-order valence-corrected chi connectivity index (χ4v) is 2.30. The summed E-state index contributed by atoms with van der Waals surface area (Å²) in [6, 6.07) is 10.7. The van der Waals surface area contributed by atoms with Crippen molar-refractivity contribution in [3.8, 4) is 11.5 Å². The first-order valence-electron chi connectivity index (χ1n) is 7.47. The predicted molar refractivity (Wildman–Crippen MR) is 98.0 cm³/mol. The molecule has 24 heavy (non-hydrogen) atoms. The largest absolute Gasteiger partial charge is 0.493 e. The quantitative estimate of drug-likeness (QED) is 0.741. The van der Waals surface area contributed by atoms with Gasteiger partial charge in [0, 0.05) is 18.2 Å². The first kappa shape index (κ1) is 20.6. The Balaban J connectivity index is 0.00000288. The lowest BCUT2D eigenvalue weighted by atomic mass is 10.2. The van der Waals surface area contributed by atoms with Gasteiger partial charge in [-0.1, -0.05) is 37.6 Å². The van der Waals surface area contributed by atoms with Gasteiger partial charge in [0.05, 0.1) is 12.1 Å². The van der Waals surface area contributed by atoms with Crippen LogP contribution in [0.5, 0.6) is 11.5 Å². The normalized spacial score (nSPS) is 10.4. The summed E-state index contributed by atoms with van der Waals surface area (Å²) in [5, 5.41) is 3.69. The van der Waals surface area contributed by atoms with E-state index in [1.54, 1.807) is 19.2 Å². The van der Waals surface area contributed by atoms with E-state index in [-0.39, 0.29) is 24.8 Å². The summed E-state index contributed by atoms with van der Waals surface area (Å²) in [7, 11) is 1.58. The van der Waals surface area contributed by atoms with Crippen molar-refractivity contribution in [1.82, 2.24) is 5.32 Å². The Morgan fingerprint density at radius 1 is 1.17 bits per heavy atom. The van der Waals surface area contributed by atoms with Gasteiger partial charge in [0.2, 0.25) is 0 Å². The molecule has 0 atom stereocenters. The van der Waals surface area contributed by atoms with E-state index in [0.29, 0.717) is 28.1 Å². The van der Waals surface area contributed by atoms with E-state index in [1.165, 1.54) is 6.07 Å². The molecule has 0 aliphatic heterocycles. The van der Waals surface area contributed by atoms with Gasteiger partial charge in [-0.05, 0) is 29.8 Å². The standard InChI is InChI=1S/C18H21ClFNO2.ClH/c1-12(2)21-10-13-7-8-17(18(9-13)22-3)23-11-14-15(19)5-4-6-16(14)20;/h4-9,12,21H,10-11H2,1-3H3;1H. The Morgan fingerprint density at radius 3 is 2.54 bits per heavy atom. The molecule has 0 heterocycles. The fraction of sp³-hybridized carbons (Fsp3) is 0.333. The van der Waals surface area contributed by atoms with Crippen molar-refractivity contribution in [1.29, 1.82) is 0 Å². The molecule has 132 valence electrons. The maximum atomic E-state index is 13.8. The number of halogens is 3. The van der Waals surface area contributed by atoms with Gasteiger partial charge in [-0.25, -0.2) is 4.39 Å². The van der Waals surface area contributed by atoms with Gasteiger partial charge in [-0.15, -0.1) is 12.4 Å². The summed E-state index contributed by atoms with van der Waals surface area (Å²) in [5.74, 6) is 0.787. The van der Waals surface area contributed by atoms with Gasteiger partial charge >= 0.3 is 0 Å². The van der Waals surface area contributed by atoms with E-state index in [0.717, 1.165) is 12.1 Å². The Kier molecular flexibility index (Phi) is 8.32. The van der Waals surface area contributed by atoms with Crippen LogP contribution in [0.4, 0.5) is 4.39 Å². The smallest absolute Gasteiger partial charge is 0.161 e. The van der Waals surface area contributed by atoms with Crippen LogP contribution in [0, 0.1) is 5.82 Å². The Labute approximate surface area is 153 Å². The summed E-state index contributed by atoms with van der Waals surface area (Å²) < 4.78 is 24.8. The molecule has 0 spiro atoms. The van der Waals surface area contributed by atoms with E-state index in [4.69, 9.17) is 21.1 Å². The summed E-state index contributed by atoms with van der Waals surface area (Å²) in [6.07, 6.45) is 0. The number of benzene rings is 2. The predicted octanol–water partition coefficient (Wildman–Crippen LogP) is 4.99. The molecule has 0 amide bonds. The van der Waals surface area contributed by atoms with Crippen LogP contribution in [0.25, 0.3) is 0 Å². The second kappa shape index (κ2) is 9.72. The molecular formula is C18H22Cl2FNO2. The second-order valence-corrected chi connectivity index (χ2v) is 5.92. The molecule has 6 heteroatoms. The average molecular weight is 374 g/mol. The SMILES string of the molecule is COc1cc(CNC(C)C)ccc1OCc1c(F)cccc1Cl.Cl. The highest BCUT2D eigenvalue weighted by molar-refractivity contribution is 6.31. The molecule has 1 N–H and O–H groups in total. The highest BCUT2D eigenvalue weighted by Gasteiger charge is 2.11. The topological polar surface area (TPSA) is 30.5 Å². The summed E-state index contributed by atoms with van der Waals surface area (Å²) in [4.78, 5) is 0. The van der Waals surface area contributed by atoms with Crippen LogP contribution in [0.15, 0.2) is 36.4 Å². The van der Waals surface area contributed by atoms with E-state index in [9.17, 15) is 4.39 Å². The van der Waals surface area contributed by atoms with Crippen LogP contribution in [-0.2, 0) is 13.2 Å². The zero-order chi connectivity index (χ0) is 16.8. The van der Waals surface area contributed by atoms with Gasteiger partial charge in [-0.3, -0.25) is 0 Å². The zero-order valence-corrected chi connectivity index (χ0v) is 15.5. The number of ether oxygens (including phenoxy) is 2. The van der Waals surface area contributed by atoms with Crippen LogP contribution in [0.1, 0.15) is 25.0 Å². The van der Waals surface area contributed by atoms with Crippen molar-refractivity contribution in [3.05, 3.63) is 58.4 Å². The van der Waals surface area contributed by atoms with E-state index >= 15 is 0 Å². The third kappa shape index (κ3) is 5.55. The van der Waals surface area contributed by atoms with Gasteiger partial charge in [0.1, 0.15) is 12.4 Å². The van der Waals surface area contributed by atoms with Gasteiger partial charge < -0.3 is 14.8 Å². The lowest BCUT2D eigenvalue weighted by Gasteiger charge is -2.14. The van der Waals surface area contributed by atoms with Gasteiger partial charge in [-0.2, -0.15) is 0 Å². The molecule has 3 nitrogen and oxygen atoms in total. The fourth-order valence-electron chi connectivity index (χ4n) is 2.08. The first-order chi connectivity index (χ1) is 11.0.